The van der Waals surface area contributed by atoms with Gasteiger partial charge in [-0.05, 0) is 59.5 Å². The number of phenolic OH excluding ortho intramolecular Hbond substituents is 1. The molecule has 0 aromatic heterocycles. The van der Waals surface area contributed by atoms with Gasteiger partial charge in [-0.2, -0.15) is 0 Å². The molecule has 1 aromatic rings. The molecular formula is C22H34N4O3. The van der Waals surface area contributed by atoms with Crippen LogP contribution in [0, 0.1) is 6.92 Å². The van der Waals surface area contributed by atoms with Gasteiger partial charge in [0.15, 0.2) is 0 Å². The average molecular weight is 403 g/mol. The topological polar surface area (TPSA) is 84.9 Å². The molecule has 29 heavy (non-hydrogen) atoms. The molecule has 0 radical (unpaired) electrons. The van der Waals surface area contributed by atoms with Gasteiger partial charge in [0.1, 0.15) is 17.1 Å². The predicted octanol–water partition coefficient (Wildman–Crippen LogP) is 2.81. The molecule has 7 heteroatoms. The highest BCUT2D eigenvalue weighted by Gasteiger charge is 2.39. The van der Waals surface area contributed by atoms with E-state index in [2.05, 4.69) is 10.6 Å². The van der Waals surface area contributed by atoms with Crippen LogP contribution in [0.2, 0.25) is 0 Å². The van der Waals surface area contributed by atoms with E-state index in [0.717, 1.165) is 25.7 Å². The van der Waals surface area contributed by atoms with E-state index in [-0.39, 0.29) is 29.3 Å². The van der Waals surface area contributed by atoms with Crippen LogP contribution >= 0.6 is 0 Å². The number of rotatable bonds is 5. The number of nitrogens with one attached hydrogen (secondary N) is 2. The van der Waals surface area contributed by atoms with Gasteiger partial charge in [-0.15, -0.1) is 0 Å². The summed E-state index contributed by atoms with van der Waals surface area (Å²) >= 11 is 0. The van der Waals surface area contributed by atoms with E-state index in [1.54, 1.807) is 32.0 Å². The number of hydrogen-bond acceptors (Lipinski definition) is 6. The second kappa shape index (κ2) is 10.3. The number of nitrogens with zero attached hydrogens (tertiary/aromatic N) is 2. The highest BCUT2D eigenvalue weighted by Crippen LogP contribution is 2.31. The molecule has 3 rings (SSSR count). The molecule has 0 unspecified atom stereocenters. The monoisotopic (exact) mass is 402 g/mol. The Morgan fingerprint density at radius 3 is 2.24 bits per heavy atom. The van der Waals surface area contributed by atoms with Crippen LogP contribution in [-0.4, -0.2) is 60.5 Å². The fourth-order valence-corrected chi connectivity index (χ4v) is 3.46. The Bertz CT molecular complexity index is 765. The van der Waals surface area contributed by atoms with Gasteiger partial charge < -0.3 is 20.6 Å². The van der Waals surface area contributed by atoms with Crippen LogP contribution in [0.15, 0.2) is 29.6 Å². The lowest BCUT2D eigenvalue weighted by Crippen LogP contribution is -2.37. The Balaban J connectivity index is 0.000000687. The summed E-state index contributed by atoms with van der Waals surface area (Å²) in [4.78, 5) is 28.5. The zero-order chi connectivity index (χ0) is 21.6. The van der Waals surface area contributed by atoms with Crippen molar-refractivity contribution in [3.63, 3.8) is 0 Å². The minimum Gasteiger partial charge on any atom is -0.505 e. The largest absolute Gasteiger partial charge is 0.505 e. The summed E-state index contributed by atoms with van der Waals surface area (Å²) in [5, 5.41) is 16.5. The number of carbonyl (C=O) groups excluding carboxylic acids is 2. The Kier molecular flexibility index (Phi) is 8.08. The Labute approximate surface area is 173 Å². The molecule has 3 N–H and O–H groups in total. The van der Waals surface area contributed by atoms with E-state index in [0.29, 0.717) is 23.5 Å². The quantitative estimate of drug-likeness (QED) is 0.519. The van der Waals surface area contributed by atoms with Gasteiger partial charge in [-0.25, -0.2) is 0 Å². The van der Waals surface area contributed by atoms with E-state index in [4.69, 9.17) is 0 Å². The summed E-state index contributed by atoms with van der Waals surface area (Å²) in [6.07, 6.45) is 5.48. The van der Waals surface area contributed by atoms with E-state index >= 15 is 0 Å². The normalized spacial score (nSPS) is 17.5. The summed E-state index contributed by atoms with van der Waals surface area (Å²) in [6.45, 7) is 3.88. The highest BCUT2D eigenvalue weighted by atomic mass is 16.3. The third-order valence-electron chi connectivity index (χ3n) is 4.94. The second-order valence-electron chi connectivity index (χ2n) is 8.02. The van der Waals surface area contributed by atoms with Gasteiger partial charge >= 0.3 is 0 Å². The number of phenols is 1. The van der Waals surface area contributed by atoms with Gasteiger partial charge in [0.2, 0.25) is 0 Å². The third-order valence-corrected chi connectivity index (χ3v) is 4.94. The molecule has 1 heterocycles. The van der Waals surface area contributed by atoms with Crippen LogP contribution in [-0.2, 0) is 9.59 Å². The highest BCUT2D eigenvalue weighted by molar-refractivity contribution is 6.20. The number of carbonyl (C=O) groups is 2. The molecule has 0 spiro atoms. The summed E-state index contributed by atoms with van der Waals surface area (Å²) in [5.41, 5.74) is 1.67. The zero-order valence-electron chi connectivity index (χ0n) is 18.2. The molecule has 1 aromatic carbocycles. The van der Waals surface area contributed by atoms with E-state index in [1.165, 1.54) is 11.3 Å². The van der Waals surface area contributed by atoms with Crippen molar-refractivity contribution in [3.05, 3.63) is 35.2 Å². The number of anilines is 1. The average Bonchev–Trinajstić information content (AvgIpc) is 2.89. The number of hydrogen-bond donors (Lipinski definition) is 3. The van der Waals surface area contributed by atoms with Crippen molar-refractivity contribution in [3.8, 4) is 5.75 Å². The van der Waals surface area contributed by atoms with Crippen molar-refractivity contribution in [1.29, 1.82) is 0 Å². The van der Waals surface area contributed by atoms with Gasteiger partial charge in [-0.3, -0.25) is 14.5 Å². The van der Waals surface area contributed by atoms with Crippen LogP contribution in [0.3, 0.4) is 0 Å². The fourth-order valence-electron chi connectivity index (χ4n) is 3.46. The molecule has 1 aliphatic heterocycles. The smallest absolute Gasteiger partial charge is 0.279 e. The van der Waals surface area contributed by atoms with Gasteiger partial charge in [-0.1, -0.05) is 31.4 Å². The molecule has 1 fully saturated rings. The van der Waals surface area contributed by atoms with Crippen LogP contribution < -0.4 is 10.6 Å². The maximum atomic E-state index is 12.7. The lowest BCUT2D eigenvalue weighted by molar-refractivity contribution is -0.137. The molecule has 2 amide bonds. The van der Waals surface area contributed by atoms with Crippen LogP contribution in [0.5, 0.6) is 5.75 Å². The van der Waals surface area contributed by atoms with Crippen molar-refractivity contribution in [1.82, 2.24) is 15.1 Å². The number of aromatic hydroxyl groups is 1. The van der Waals surface area contributed by atoms with Crippen LogP contribution in [0.4, 0.5) is 5.69 Å². The number of benzene rings is 1. The minimum atomic E-state index is -0.355. The Hall–Kier alpha value is -2.54. The van der Waals surface area contributed by atoms with Gasteiger partial charge in [0.05, 0.1) is 5.69 Å². The summed E-state index contributed by atoms with van der Waals surface area (Å²) in [5.74, 6) is -0.568. The number of likely N-dealkylation sites (N-methyl/N-ethyl adjacent to an activating group) is 1. The molecule has 160 valence electrons. The SMILES string of the molecule is CCN1C(=O)C(Nc2cccc(C)c2O)=C(NC2CCCCC2)C1=O.CN(C)C. The third kappa shape index (κ3) is 5.73. The van der Waals surface area contributed by atoms with Gasteiger partial charge in [0.25, 0.3) is 11.8 Å². The Morgan fingerprint density at radius 1 is 1.07 bits per heavy atom. The summed E-state index contributed by atoms with van der Waals surface area (Å²) < 4.78 is 0. The molecular weight excluding hydrogens is 368 g/mol. The molecule has 0 bridgehead atoms. The van der Waals surface area contributed by atoms with E-state index < -0.39 is 0 Å². The lowest BCUT2D eigenvalue weighted by atomic mass is 9.95. The number of aryl methyl sites for hydroxylation is 1. The first-order valence-electron chi connectivity index (χ1n) is 10.3. The van der Waals surface area contributed by atoms with Crippen molar-refractivity contribution in [2.24, 2.45) is 0 Å². The zero-order valence-corrected chi connectivity index (χ0v) is 18.2. The maximum Gasteiger partial charge on any atom is 0.279 e. The molecule has 7 nitrogen and oxygen atoms in total. The minimum absolute atomic E-state index is 0.0854. The Morgan fingerprint density at radius 2 is 1.66 bits per heavy atom. The number of para-hydroxylation sites is 1. The second-order valence-corrected chi connectivity index (χ2v) is 8.02. The summed E-state index contributed by atoms with van der Waals surface area (Å²) in [7, 11) is 6.00. The first-order chi connectivity index (χ1) is 13.8. The first-order valence-corrected chi connectivity index (χ1v) is 10.3. The van der Waals surface area contributed by atoms with E-state index in [9.17, 15) is 14.7 Å². The predicted molar refractivity (Wildman–Crippen MR) is 116 cm³/mol. The van der Waals surface area contributed by atoms with E-state index in [1.807, 2.05) is 26.0 Å². The number of imide groups is 1. The molecule has 1 aliphatic carbocycles. The molecule has 2 aliphatic rings. The molecule has 1 saturated carbocycles. The van der Waals surface area contributed by atoms with Crippen LogP contribution in [0.25, 0.3) is 0 Å². The van der Waals surface area contributed by atoms with Gasteiger partial charge in [0, 0.05) is 12.6 Å². The fraction of sp³-hybridized carbons (Fsp3) is 0.545. The molecule has 0 atom stereocenters. The standard InChI is InChI=1S/C19H25N3O3.C3H9N/c1-3-22-18(24)15(20-13-9-5-4-6-10-13)16(19(22)25)21-14-11-7-8-12(2)17(14)23;1-4(2)3/h7-8,11,13,20-21,23H,3-6,9-10H2,1-2H3;1-3H3. The van der Waals surface area contributed by atoms with Crippen molar-refractivity contribution < 1.29 is 14.7 Å². The summed E-state index contributed by atoms with van der Waals surface area (Å²) in [6, 6.07) is 5.49. The van der Waals surface area contributed by atoms with Crippen LogP contribution in [0.1, 0.15) is 44.6 Å². The molecule has 0 saturated heterocycles. The van der Waals surface area contributed by atoms with Crippen molar-refractivity contribution in [2.45, 2.75) is 52.0 Å². The number of amides is 2. The van der Waals surface area contributed by atoms with Crippen molar-refractivity contribution >= 4 is 17.5 Å². The lowest BCUT2D eigenvalue weighted by Gasteiger charge is -2.24. The van der Waals surface area contributed by atoms with Crippen molar-refractivity contribution in [2.75, 3.05) is 33.0 Å². The maximum absolute atomic E-state index is 12.7. The first kappa shape index (κ1) is 22.7.